The number of benzene rings is 1. The third-order valence-corrected chi connectivity index (χ3v) is 4.41. The Labute approximate surface area is 104 Å². The molecule has 2 nitrogen and oxygen atoms in total. The minimum absolute atomic E-state index is 0.466. The molecule has 1 aromatic rings. The molecular weight excluding hydrogens is 208 g/mol. The maximum Gasteiger partial charge on any atom is 0.0233 e. The Morgan fingerprint density at radius 1 is 1.06 bits per heavy atom. The van der Waals surface area contributed by atoms with E-state index >= 15 is 0 Å². The fraction of sp³-hybridized carbons (Fsp3) is 0.600. The normalized spacial score (nSPS) is 33.6. The highest BCUT2D eigenvalue weighted by Gasteiger charge is 2.36. The van der Waals surface area contributed by atoms with Crippen LogP contribution in [-0.4, -0.2) is 24.0 Å². The lowest BCUT2D eigenvalue weighted by Gasteiger charge is -2.28. The van der Waals surface area contributed by atoms with Gasteiger partial charge in [-0.2, -0.15) is 0 Å². The van der Waals surface area contributed by atoms with Crippen molar-refractivity contribution in [2.24, 2.45) is 17.6 Å². The molecule has 0 amide bonds. The molecule has 0 radical (unpaired) electrons. The second kappa shape index (κ2) is 4.79. The Morgan fingerprint density at radius 3 is 2.65 bits per heavy atom. The Bertz CT molecular complexity index is 362. The van der Waals surface area contributed by atoms with Crippen molar-refractivity contribution >= 4 is 0 Å². The van der Waals surface area contributed by atoms with E-state index in [9.17, 15) is 0 Å². The van der Waals surface area contributed by atoms with E-state index in [1.54, 1.807) is 0 Å². The van der Waals surface area contributed by atoms with E-state index in [0.717, 1.165) is 18.4 Å². The van der Waals surface area contributed by atoms with Crippen LogP contribution in [0.1, 0.15) is 24.8 Å². The van der Waals surface area contributed by atoms with Crippen molar-refractivity contribution in [3.8, 4) is 0 Å². The van der Waals surface area contributed by atoms with Crippen molar-refractivity contribution in [1.82, 2.24) is 4.90 Å². The lowest BCUT2D eigenvalue weighted by atomic mass is 9.79. The minimum Gasteiger partial charge on any atom is -0.328 e. The maximum atomic E-state index is 6.07. The third kappa shape index (κ3) is 2.53. The molecule has 3 rings (SSSR count). The van der Waals surface area contributed by atoms with Crippen LogP contribution in [0.15, 0.2) is 30.3 Å². The standard InChI is InChI=1S/C15H22N2/c16-15-7-6-13-10-17(11-14(13)8-15)9-12-4-2-1-3-5-12/h1-5,13-15H,6-11,16H2. The molecule has 2 N–H and O–H groups in total. The van der Waals surface area contributed by atoms with Gasteiger partial charge in [0, 0.05) is 25.7 Å². The van der Waals surface area contributed by atoms with Crippen molar-refractivity contribution < 1.29 is 0 Å². The molecule has 0 bridgehead atoms. The fourth-order valence-corrected chi connectivity index (χ4v) is 3.54. The molecule has 2 fully saturated rings. The largest absolute Gasteiger partial charge is 0.328 e. The molecular formula is C15H22N2. The van der Waals surface area contributed by atoms with Crippen LogP contribution in [0.25, 0.3) is 0 Å². The van der Waals surface area contributed by atoms with E-state index < -0.39 is 0 Å². The zero-order valence-electron chi connectivity index (χ0n) is 10.4. The van der Waals surface area contributed by atoms with Crippen molar-refractivity contribution in [2.45, 2.75) is 31.8 Å². The van der Waals surface area contributed by atoms with Crippen LogP contribution >= 0.6 is 0 Å². The molecule has 3 atom stereocenters. The first kappa shape index (κ1) is 11.2. The van der Waals surface area contributed by atoms with Gasteiger partial charge in [0.05, 0.1) is 0 Å². The Balaban J connectivity index is 1.60. The number of rotatable bonds is 2. The fourth-order valence-electron chi connectivity index (χ4n) is 3.54. The van der Waals surface area contributed by atoms with Gasteiger partial charge >= 0.3 is 0 Å². The Kier molecular flexibility index (Phi) is 3.17. The van der Waals surface area contributed by atoms with Crippen LogP contribution in [0.5, 0.6) is 0 Å². The van der Waals surface area contributed by atoms with Crippen molar-refractivity contribution in [3.63, 3.8) is 0 Å². The predicted molar refractivity (Wildman–Crippen MR) is 70.5 cm³/mol. The van der Waals surface area contributed by atoms with Gasteiger partial charge in [0.15, 0.2) is 0 Å². The molecule has 2 aliphatic rings. The first-order chi connectivity index (χ1) is 8.31. The van der Waals surface area contributed by atoms with E-state index in [1.807, 2.05) is 0 Å². The van der Waals surface area contributed by atoms with Gasteiger partial charge in [-0.15, -0.1) is 0 Å². The first-order valence-corrected chi connectivity index (χ1v) is 6.83. The number of nitrogens with zero attached hydrogens (tertiary/aromatic N) is 1. The van der Waals surface area contributed by atoms with E-state index in [-0.39, 0.29) is 0 Å². The summed E-state index contributed by atoms with van der Waals surface area (Å²) in [5.41, 5.74) is 7.51. The summed E-state index contributed by atoms with van der Waals surface area (Å²) >= 11 is 0. The monoisotopic (exact) mass is 230 g/mol. The smallest absolute Gasteiger partial charge is 0.0233 e. The molecule has 0 aromatic heterocycles. The van der Waals surface area contributed by atoms with Crippen LogP contribution in [0.4, 0.5) is 0 Å². The third-order valence-electron chi connectivity index (χ3n) is 4.41. The molecule has 1 aliphatic carbocycles. The second-order valence-electron chi connectivity index (χ2n) is 5.77. The van der Waals surface area contributed by atoms with Crippen LogP contribution in [0.2, 0.25) is 0 Å². The summed E-state index contributed by atoms with van der Waals surface area (Å²) in [7, 11) is 0. The average molecular weight is 230 g/mol. The van der Waals surface area contributed by atoms with Gasteiger partial charge in [0.25, 0.3) is 0 Å². The van der Waals surface area contributed by atoms with Gasteiger partial charge in [-0.1, -0.05) is 30.3 Å². The molecule has 2 heteroatoms. The van der Waals surface area contributed by atoms with Crippen molar-refractivity contribution in [1.29, 1.82) is 0 Å². The predicted octanol–water partition coefficient (Wildman–Crippen LogP) is 2.25. The summed E-state index contributed by atoms with van der Waals surface area (Å²) in [6.45, 7) is 3.66. The van der Waals surface area contributed by atoms with Crippen LogP contribution < -0.4 is 5.73 Å². The zero-order valence-corrected chi connectivity index (χ0v) is 10.4. The summed E-state index contributed by atoms with van der Waals surface area (Å²) in [5.74, 6) is 1.78. The SMILES string of the molecule is NC1CCC2CN(Cc3ccccc3)CC2C1. The molecule has 1 aliphatic heterocycles. The highest BCUT2D eigenvalue weighted by Crippen LogP contribution is 2.36. The van der Waals surface area contributed by atoms with E-state index in [0.29, 0.717) is 6.04 Å². The number of likely N-dealkylation sites (tertiary alicyclic amines) is 1. The second-order valence-corrected chi connectivity index (χ2v) is 5.77. The van der Waals surface area contributed by atoms with Crippen molar-refractivity contribution in [2.75, 3.05) is 13.1 Å². The van der Waals surface area contributed by atoms with Crippen LogP contribution in [0.3, 0.4) is 0 Å². The van der Waals surface area contributed by atoms with Gasteiger partial charge in [0.2, 0.25) is 0 Å². The quantitative estimate of drug-likeness (QED) is 0.844. The summed E-state index contributed by atoms with van der Waals surface area (Å²) in [6, 6.07) is 11.3. The number of hydrogen-bond acceptors (Lipinski definition) is 2. The molecule has 1 heterocycles. The highest BCUT2D eigenvalue weighted by atomic mass is 15.2. The van der Waals surface area contributed by atoms with Crippen molar-refractivity contribution in [3.05, 3.63) is 35.9 Å². The number of nitrogens with two attached hydrogens (primary N) is 1. The lowest BCUT2D eigenvalue weighted by Crippen LogP contribution is -2.32. The molecule has 17 heavy (non-hydrogen) atoms. The molecule has 92 valence electrons. The molecule has 0 spiro atoms. The van der Waals surface area contributed by atoms with Gasteiger partial charge in [-0.05, 0) is 36.7 Å². The topological polar surface area (TPSA) is 29.3 Å². The molecule has 1 aromatic carbocycles. The van der Waals surface area contributed by atoms with E-state index in [4.69, 9.17) is 5.73 Å². The van der Waals surface area contributed by atoms with Gasteiger partial charge in [0.1, 0.15) is 0 Å². The maximum absolute atomic E-state index is 6.07. The summed E-state index contributed by atoms with van der Waals surface area (Å²) in [6.07, 6.45) is 3.83. The van der Waals surface area contributed by atoms with E-state index in [2.05, 4.69) is 35.2 Å². The summed E-state index contributed by atoms with van der Waals surface area (Å²) < 4.78 is 0. The summed E-state index contributed by atoms with van der Waals surface area (Å²) in [5, 5.41) is 0. The Morgan fingerprint density at radius 2 is 1.82 bits per heavy atom. The lowest BCUT2D eigenvalue weighted by molar-refractivity contribution is 0.271. The molecule has 1 saturated carbocycles. The Hall–Kier alpha value is -0.860. The number of fused-ring (bicyclic) bond motifs is 1. The van der Waals surface area contributed by atoms with Crippen LogP contribution in [-0.2, 0) is 6.54 Å². The van der Waals surface area contributed by atoms with Gasteiger partial charge in [-0.3, -0.25) is 4.90 Å². The highest BCUT2D eigenvalue weighted by molar-refractivity contribution is 5.14. The van der Waals surface area contributed by atoms with Gasteiger partial charge < -0.3 is 5.73 Å². The zero-order chi connectivity index (χ0) is 11.7. The first-order valence-electron chi connectivity index (χ1n) is 6.83. The number of hydrogen-bond donors (Lipinski definition) is 1. The average Bonchev–Trinajstić information content (AvgIpc) is 2.71. The molecule has 3 unspecified atom stereocenters. The van der Waals surface area contributed by atoms with Crippen LogP contribution in [0, 0.1) is 11.8 Å². The minimum atomic E-state index is 0.466. The summed E-state index contributed by atoms with van der Waals surface area (Å²) in [4.78, 5) is 2.61. The van der Waals surface area contributed by atoms with Gasteiger partial charge in [-0.25, -0.2) is 0 Å². The van der Waals surface area contributed by atoms with E-state index in [1.165, 1.54) is 37.9 Å². The molecule has 1 saturated heterocycles.